The molecule has 0 unspecified atom stereocenters. The first-order valence-electron chi connectivity index (χ1n) is 8.75. The average Bonchev–Trinajstić information content (AvgIpc) is 2.62. The maximum Gasteiger partial charge on any atom is 0.478 e. The van der Waals surface area contributed by atoms with Gasteiger partial charge in [-0.1, -0.05) is 0 Å². The highest BCUT2D eigenvalue weighted by molar-refractivity contribution is 7.49. The van der Waals surface area contributed by atoms with Gasteiger partial charge in [-0.25, -0.2) is 23.2 Å². The molecule has 0 spiro atoms. The Labute approximate surface area is 165 Å². The van der Waals surface area contributed by atoms with Crippen LogP contribution in [0.2, 0.25) is 0 Å². The molecule has 0 aliphatic heterocycles. The normalized spacial score (nSPS) is 12.4. The molecule has 1 aromatic heterocycles. The molecule has 1 aromatic rings. The van der Waals surface area contributed by atoms with E-state index in [1.54, 1.807) is 39.8 Å². The maximum atomic E-state index is 12.7. The van der Waals surface area contributed by atoms with Crippen molar-refractivity contribution >= 4 is 21.5 Å². The van der Waals surface area contributed by atoms with Gasteiger partial charge in [-0.15, -0.1) is 0 Å². The standard InChI is InChI=1S/C15H28N2O9P2/c1-6-21-27(18,22-7-2)25-15(26-28(19,23-8-3)24-9-4)17-14-11-10-13(20-5)12-16-14/h10-12,15H,6-9H2,1-5H3,(H,16,17). The van der Waals surface area contributed by atoms with Gasteiger partial charge in [0.25, 0.3) is 6.41 Å². The Bertz CT molecular complexity index is 607. The highest BCUT2D eigenvalue weighted by Crippen LogP contribution is 2.55. The number of nitrogens with one attached hydrogen (secondary N) is 1. The molecule has 0 atom stereocenters. The lowest BCUT2D eigenvalue weighted by Gasteiger charge is -2.26. The fourth-order valence-electron chi connectivity index (χ4n) is 1.84. The van der Waals surface area contributed by atoms with E-state index < -0.39 is 22.1 Å². The summed E-state index contributed by atoms with van der Waals surface area (Å²) in [7, 11) is -6.55. The maximum absolute atomic E-state index is 12.7. The molecule has 1 rings (SSSR count). The molecule has 0 fully saturated rings. The third-order valence-electron chi connectivity index (χ3n) is 2.84. The largest absolute Gasteiger partial charge is 0.495 e. The number of phosphoric acid groups is 2. The van der Waals surface area contributed by atoms with Crippen molar-refractivity contribution in [2.24, 2.45) is 0 Å². The zero-order chi connectivity index (χ0) is 21.0. The Hall–Kier alpha value is -1.03. The van der Waals surface area contributed by atoms with Gasteiger partial charge in [0.05, 0.1) is 39.7 Å². The number of pyridine rings is 1. The summed E-state index contributed by atoms with van der Waals surface area (Å²) < 4.78 is 61.5. The molecule has 0 amide bonds. The van der Waals surface area contributed by atoms with Crippen molar-refractivity contribution in [3.8, 4) is 5.75 Å². The summed E-state index contributed by atoms with van der Waals surface area (Å²) in [5.41, 5.74) is 0. The first kappa shape index (κ1) is 25.0. The van der Waals surface area contributed by atoms with Crippen molar-refractivity contribution in [2.75, 3.05) is 38.9 Å². The van der Waals surface area contributed by atoms with Gasteiger partial charge >= 0.3 is 15.6 Å². The molecular weight excluding hydrogens is 414 g/mol. The van der Waals surface area contributed by atoms with E-state index in [-0.39, 0.29) is 32.2 Å². The van der Waals surface area contributed by atoms with Crippen molar-refractivity contribution in [3.05, 3.63) is 18.3 Å². The van der Waals surface area contributed by atoms with E-state index in [1.165, 1.54) is 13.3 Å². The van der Waals surface area contributed by atoms with Crippen LogP contribution in [0.3, 0.4) is 0 Å². The third kappa shape index (κ3) is 8.55. The number of anilines is 1. The summed E-state index contributed by atoms with van der Waals surface area (Å²) in [6.45, 7) is 6.70. The zero-order valence-electron chi connectivity index (χ0n) is 16.7. The van der Waals surface area contributed by atoms with Gasteiger partial charge in [0.1, 0.15) is 11.6 Å². The number of hydrogen-bond acceptors (Lipinski definition) is 11. The Morgan fingerprint density at radius 2 is 1.36 bits per heavy atom. The summed E-state index contributed by atoms with van der Waals surface area (Å²) in [4.78, 5) is 4.09. The highest BCUT2D eigenvalue weighted by atomic mass is 31.2. The molecule has 1 heterocycles. The fraction of sp³-hybridized carbons (Fsp3) is 0.667. The molecular formula is C15H28N2O9P2. The van der Waals surface area contributed by atoms with Gasteiger partial charge in [-0.2, -0.15) is 0 Å². The second-order valence-electron chi connectivity index (χ2n) is 4.84. The second kappa shape index (κ2) is 12.5. The fourth-order valence-corrected chi connectivity index (χ4v) is 4.23. The van der Waals surface area contributed by atoms with Crippen LogP contribution in [0.1, 0.15) is 27.7 Å². The van der Waals surface area contributed by atoms with Crippen molar-refractivity contribution in [3.63, 3.8) is 0 Å². The number of rotatable bonds is 15. The lowest BCUT2D eigenvalue weighted by molar-refractivity contribution is -0.0351. The van der Waals surface area contributed by atoms with Gasteiger partial charge < -0.3 is 10.1 Å². The average molecular weight is 442 g/mol. The van der Waals surface area contributed by atoms with E-state index in [4.69, 9.17) is 31.9 Å². The van der Waals surface area contributed by atoms with E-state index in [2.05, 4.69) is 10.3 Å². The van der Waals surface area contributed by atoms with Crippen molar-refractivity contribution in [2.45, 2.75) is 34.1 Å². The van der Waals surface area contributed by atoms with Crippen molar-refractivity contribution in [1.82, 2.24) is 4.98 Å². The van der Waals surface area contributed by atoms with Crippen LogP contribution < -0.4 is 10.1 Å². The van der Waals surface area contributed by atoms with Crippen molar-refractivity contribution in [1.29, 1.82) is 0 Å². The number of phosphoric ester groups is 2. The number of hydrogen-bond donors (Lipinski definition) is 1. The predicted octanol–water partition coefficient (Wildman–Crippen LogP) is 4.18. The summed E-state index contributed by atoms with van der Waals surface area (Å²) in [6, 6.07) is 3.18. The van der Waals surface area contributed by atoms with E-state index in [9.17, 15) is 9.13 Å². The monoisotopic (exact) mass is 442 g/mol. The van der Waals surface area contributed by atoms with Gasteiger partial charge in [0.15, 0.2) is 0 Å². The molecule has 0 radical (unpaired) electrons. The lowest BCUT2D eigenvalue weighted by Crippen LogP contribution is -2.27. The first-order chi connectivity index (χ1) is 13.3. The lowest BCUT2D eigenvalue weighted by atomic mass is 10.4. The molecule has 11 nitrogen and oxygen atoms in total. The van der Waals surface area contributed by atoms with Crippen LogP contribution >= 0.6 is 15.6 Å². The number of aromatic nitrogens is 1. The molecule has 1 N–H and O–H groups in total. The molecule has 162 valence electrons. The van der Waals surface area contributed by atoms with E-state index >= 15 is 0 Å². The smallest absolute Gasteiger partial charge is 0.478 e. The highest BCUT2D eigenvalue weighted by Gasteiger charge is 2.37. The first-order valence-corrected chi connectivity index (χ1v) is 11.7. The SMILES string of the molecule is CCOP(=O)(OCC)OC(Nc1ccc(OC)cn1)OP(=O)(OCC)OCC. The zero-order valence-corrected chi connectivity index (χ0v) is 18.4. The Morgan fingerprint density at radius 3 is 1.68 bits per heavy atom. The van der Waals surface area contributed by atoms with E-state index in [0.717, 1.165) is 0 Å². The number of ether oxygens (including phenoxy) is 1. The predicted molar refractivity (Wildman–Crippen MR) is 102 cm³/mol. The minimum atomic E-state index is -4.02. The summed E-state index contributed by atoms with van der Waals surface area (Å²) in [5, 5.41) is 2.70. The summed E-state index contributed by atoms with van der Waals surface area (Å²) in [5.74, 6) is 0.775. The Kier molecular flexibility index (Phi) is 11.2. The van der Waals surface area contributed by atoms with E-state index in [0.29, 0.717) is 5.75 Å². The Balaban J connectivity index is 3.09. The molecule has 0 bridgehead atoms. The summed E-state index contributed by atoms with van der Waals surface area (Å²) in [6.07, 6.45) is -0.136. The molecule has 0 saturated heterocycles. The topological polar surface area (TPSA) is 124 Å². The summed E-state index contributed by atoms with van der Waals surface area (Å²) >= 11 is 0. The third-order valence-corrected chi connectivity index (χ3v) is 6.03. The van der Waals surface area contributed by atoms with Gasteiger partial charge in [-0.05, 0) is 39.8 Å². The second-order valence-corrected chi connectivity index (χ2v) is 8.08. The minimum Gasteiger partial charge on any atom is -0.495 e. The molecule has 0 aliphatic rings. The van der Waals surface area contributed by atoms with Crippen LogP contribution in [0.25, 0.3) is 0 Å². The van der Waals surface area contributed by atoms with Crippen LogP contribution in [0.15, 0.2) is 18.3 Å². The van der Waals surface area contributed by atoms with E-state index in [1.807, 2.05) is 0 Å². The quantitative estimate of drug-likeness (QED) is 0.311. The number of methoxy groups -OCH3 is 1. The minimum absolute atomic E-state index is 0.0549. The Morgan fingerprint density at radius 1 is 0.893 bits per heavy atom. The van der Waals surface area contributed by atoms with Crippen molar-refractivity contribution < 1.29 is 41.0 Å². The molecule has 0 saturated carbocycles. The van der Waals surface area contributed by atoms with Crippen LogP contribution in [0.5, 0.6) is 5.75 Å². The van der Waals surface area contributed by atoms with Gasteiger partial charge in [0, 0.05) is 0 Å². The van der Waals surface area contributed by atoms with Crippen LogP contribution in [0, 0.1) is 0 Å². The van der Waals surface area contributed by atoms with Crippen LogP contribution in [-0.2, 0) is 36.3 Å². The van der Waals surface area contributed by atoms with Crippen LogP contribution in [-0.4, -0.2) is 44.9 Å². The number of nitrogens with zero attached hydrogens (tertiary/aromatic N) is 1. The molecule has 28 heavy (non-hydrogen) atoms. The molecule has 0 aliphatic carbocycles. The van der Waals surface area contributed by atoms with Gasteiger partial charge in [-0.3, -0.25) is 18.1 Å². The molecule has 0 aromatic carbocycles. The molecule has 13 heteroatoms. The van der Waals surface area contributed by atoms with Crippen LogP contribution in [0.4, 0.5) is 5.82 Å². The van der Waals surface area contributed by atoms with Gasteiger partial charge in [0.2, 0.25) is 0 Å².